The third kappa shape index (κ3) is 13.4. The molecule has 2 rings (SSSR count). The maximum absolute atomic E-state index is 9.99. The molecule has 0 aliphatic rings. The van der Waals surface area contributed by atoms with E-state index in [0.717, 1.165) is 11.1 Å². The molecule has 0 radical (unpaired) electrons. The van der Waals surface area contributed by atoms with Crippen LogP contribution >= 0.6 is 0 Å². The molecule has 0 aliphatic heterocycles. The molecule has 0 heterocycles. The van der Waals surface area contributed by atoms with Gasteiger partial charge in [-0.1, -0.05) is 60.7 Å². The van der Waals surface area contributed by atoms with Gasteiger partial charge < -0.3 is 10.6 Å². The monoisotopic (exact) mass is 460 g/mol. The Morgan fingerprint density at radius 2 is 1.03 bits per heavy atom. The van der Waals surface area contributed by atoms with Gasteiger partial charge in [0.25, 0.3) is 20.2 Å². The number of amides is 2. The second-order valence-corrected chi connectivity index (χ2v) is 9.34. The van der Waals surface area contributed by atoms with E-state index in [9.17, 15) is 26.4 Å². The number of hydrogen-bond acceptors (Lipinski definition) is 6. The highest BCUT2D eigenvalue weighted by molar-refractivity contribution is 8.03. The highest BCUT2D eigenvalue weighted by Gasteiger charge is 2.29. The lowest BCUT2D eigenvalue weighted by Gasteiger charge is -2.01. The Morgan fingerprint density at radius 1 is 0.733 bits per heavy atom. The van der Waals surface area contributed by atoms with Crippen molar-refractivity contribution in [1.29, 1.82) is 0 Å². The van der Waals surface area contributed by atoms with E-state index < -0.39 is 24.8 Å². The topological polar surface area (TPSA) is 167 Å². The van der Waals surface area contributed by atoms with E-state index in [0.29, 0.717) is 32.8 Å². The fourth-order valence-corrected chi connectivity index (χ4v) is 2.89. The number of nitrogens with one attached hydrogen (secondary N) is 2. The van der Waals surface area contributed by atoms with Crippen LogP contribution in [0.4, 0.5) is 0 Å². The van der Waals surface area contributed by atoms with Crippen LogP contribution in [-0.4, -0.2) is 43.3 Å². The van der Waals surface area contributed by atoms with Crippen LogP contribution in [-0.2, 0) is 42.9 Å². The lowest BCUT2D eigenvalue weighted by atomic mass is 10.2. The zero-order valence-corrected chi connectivity index (χ0v) is 17.7. The fourth-order valence-electron chi connectivity index (χ4n) is 1.66. The molecule has 0 fully saturated rings. The average Bonchev–Trinajstić information content (AvgIpc) is 2.71. The van der Waals surface area contributed by atoms with Crippen LogP contribution in [0.5, 0.6) is 0 Å². The van der Waals surface area contributed by atoms with Crippen molar-refractivity contribution in [1.82, 2.24) is 10.6 Å². The summed E-state index contributed by atoms with van der Waals surface area (Å²) >= 11 is 0. The first-order valence-electron chi connectivity index (χ1n) is 8.36. The van der Waals surface area contributed by atoms with Crippen LogP contribution in [0, 0.1) is 0 Å². The summed E-state index contributed by atoms with van der Waals surface area (Å²) in [5, 5.41) is 5.17. The quantitative estimate of drug-likeness (QED) is 0.334. The van der Waals surface area contributed by atoms with Crippen molar-refractivity contribution in [2.24, 2.45) is 0 Å². The van der Waals surface area contributed by atoms with E-state index in [-0.39, 0.29) is 0 Å². The smallest absolute Gasteiger partial charge is 0.284 e. The summed E-state index contributed by atoms with van der Waals surface area (Å²) in [7, 11) is -9.40. The molecule has 2 aromatic rings. The molecule has 10 nitrogen and oxygen atoms in total. The van der Waals surface area contributed by atoms with Crippen molar-refractivity contribution in [2.75, 3.05) is 0 Å². The fraction of sp³-hybridized carbons (Fsp3) is 0.222. The van der Waals surface area contributed by atoms with E-state index >= 15 is 0 Å². The van der Waals surface area contributed by atoms with E-state index in [4.69, 9.17) is 9.11 Å². The molecule has 0 bridgehead atoms. The summed E-state index contributed by atoms with van der Waals surface area (Å²) < 4.78 is 53.9. The number of benzene rings is 2. The van der Waals surface area contributed by atoms with Gasteiger partial charge in [-0.3, -0.25) is 18.7 Å². The summed E-state index contributed by atoms with van der Waals surface area (Å²) in [5.41, 5.74) is 2.24. The summed E-state index contributed by atoms with van der Waals surface area (Å²) in [5.74, 6) is 0. The minimum atomic E-state index is -4.70. The second-order valence-electron chi connectivity index (χ2n) is 5.57. The molecule has 0 unspecified atom stereocenters. The molecule has 0 saturated heterocycles. The van der Waals surface area contributed by atoms with E-state index in [1.54, 1.807) is 0 Å². The lowest BCUT2D eigenvalue weighted by Crippen LogP contribution is -2.25. The zero-order valence-electron chi connectivity index (χ0n) is 16.1. The highest BCUT2D eigenvalue weighted by Crippen LogP contribution is 2.03. The molecule has 12 heteroatoms. The van der Waals surface area contributed by atoms with Gasteiger partial charge in [-0.25, -0.2) is 0 Å². The first-order valence-corrected chi connectivity index (χ1v) is 11.4. The molecule has 0 aliphatic carbocycles. The van der Waals surface area contributed by atoms with E-state index in [2.05, 4.69) is 10.6 Å². The summed E-state index contributed by atoms with van der Waals surface area (Å²) in [4.78, 5) is 19.7. The number of carbonyl (C=O) groups excluding carboxylic acids is 2. The van der Waals surface area contributed by atoms with E-state index in [1.165, 1.54) is 0 Å². The third-order valence-electron chi connectivity index (χ3n) is 3.30. The van der Waals surface area contributed by atoms with Crippen molar-refractivity contribution in [3.05, 3.63) is 71.8 Å². The van der Waals surface area contributed by atoms with Crippen LogP contribution in [0.15, 0.2) is 60.7 Å². The Morgan fingerprint density at radius 3 is 1.23 bits per heavy atom. The molecule has 4 N–H and O–H groups in total. The Hall–Kier alpha value is -2.80. The Balaban J connectivity index is 0.000000420. The minimum absolute atomic E-state index is 0.615. The largest absolute Gasteiger partial charge is 0.355 e. The van der Waals surface area contributed by atoms with Crippen LogP contribution in [0.25, 0.3) is 0 Å². The van der Waals surface area contributed by atoms with Gasteiger partial charge in [0.05, 0.1) is 0 Å². The summed E-state index contributed by atoms with van der Waals surface area (Å²) in [6, 6.07) is 19.6. The number of carbonyl (C=O) groups is 2. The predicted octanol–water partition coefficient (Wildman–Crippen LogP) is 0.973. The Kier molecular flexibility index (Phi) is 12.9. The lowest BCUT2D eigenvalue weighted by molar-refractivity contribution is -0.110. The van der Waals surface area contributed by atoms with Gasteiger partial charge in [0.1, 0.15) is 0 Å². The predicted molar refractivity (Wildman–Crippen MR) is 111 cm³/mol. The normalized spacial score (nSPS) is 10.5. The van der Waals surface area contributed by atoms with Gasteiger partial charge in [0.2, 0.25) is 17.4 Å². The molecule has 0 spiro atoms. The van der Waals surface area contributed by atoms with Crippen LogP contribution in [0.1, 0.15) is 18.1 Å². The van der Waals surface area contributed by atoms with Crippen molar-refractivity contribution >= 4 is 33.1 Å². The average molecular weight is 461 g/mol. The van der Waals surface area contributed by atoms with Crippen molar-refractivity contribution < 1.29 is 35.5 Å². The van der Waals surface area contributed by atoms with Gasteiger partial charge in [0.15, 0.2) is 0 Å². The van der Waals surface area contributed by atoms with Gasteiger partial charge in [-0.15, -0.1) is 0 Å². The van der Waals surface area contributed by atoms with Gasteiger partial charge >= 0.3 is 0 Å². The van der Waals surface area contributed by atoms with Crippen LogP contribution in [0.2, 0.25) is 0 Å². The molecule has 0 saturated carbocycles. The Bertz CT molecular complexity index is 871. The maximum atomic E-state index is 9.99. The summed E-state index contributed by atoms with van der Waals surface area (Å²) in [6.45, 7) is 1.89. The van der Waals surface area contributed by atoms with Crippen molar-refractivity contribution in [2.45, 2.75) is 24.6 Å². The van der Waals surface area contributed by atoms with Gasteiger partial charge in [0, 0.05) is 13.1 Å². The highest BCUT2D eigenvalue weighted by atomic mass is 32.3. The minimum Gasteiger partial charge on any atom is -0.355 e. The SMILES string of the molecule is CC(S(=O)(=O)O)S(=O)(=O)O.O=CNCc1ccccc1.O=CNCc1ccccc1. The molecule has 0 aromatic heterocycles. The molecule has 2 amide bonds. The van der Waals surface area contributed by atoms with Crippen LogP contribution in [0.3, 0.4) is 0 Å². The van der Waals surface area contributed by atoms with Crippen molar-refractivity contribution in [3.8, 4) is 0 Å². The maximum Gasteiger partial charge on any atom is 0.284 e. The van der Waals surface area contributed by atoms with Gasteiger partial charge in [-0.05, 0) is 18.1 Å². The molecule has 30 heavy (non-hydrogen) atoms. The number of rotatable bonds is 8. The first kappa shape index (κ1) is 27.2. The molecule has 0 atom stereocenters. The molecular formula is C18H24N2O8S2. The third-order valence-corrected chi connectivity index (χ3v) is 6.44. The standard InChI is InChI=1S/2C8H9NO.C2H6O6S2/c2*10-7-9-6-8-4-2-1-3-5-8;1-2(9(3,4)5)10(6,7)8/h2*1-5,7H,6H2,(H,9,10);2H,1H3,(H,3,4,5)(H,6,7,8). The van der Waals surface area contributed by atoms with Gasteiger partial charge in [-0.2, -0.15) is 16.8 Å². The van der Waals surface area contributed by atoms with Crippen LogP contribution < -0.4 is 10.6 Å². The molecule has 2 aromatic carbocycles. The Labute approximate surface area is 175 Å². The zero-order chi connectivity index (χ0) is 23.0. The first-order chi connectivity index (χ1) is 14.0. The summed E-state index contributed by atoms with van der Waals surface area (Å²) in [6.07, 6.45) is 1.40. The van der Waals surface area contributed by atoms with E-state index in [1.807, 2.05) is 60.7 Å². The molecular weight excluding hydrogens is 436 g/mol. The second kappa shape index (κ2) is 14.2. The molecule has 166 valence electrons. The van der Waals surface area contributed by atoms with Crippen molar-refractivity contribution in [3.63, 3.8) is 0 Å². The number of hydrogen-bond donors (Lipinski definition) is 4.